The van der Waals surface area contributed by atoms with E-state index in [4.69, 9.17) is 4.74 Å². The lowest BCUT2D eigenvalue weighted by atomic mass is 10.0. The van der Waals surface area contributed by atoms with Gasteiger partial charge in [0.25, 0.3) is 5.91 Å². The normalized spacial score (nSPS) is 12.9. The molecule has 0 radical (unpaired) electrons. The molecule has 0 bridgehead atoms. The van der Waals surface area contributed by atoms with Gasteiger partial charge in [-0.25, -0.2) is 13.6 Å². The predicted molar refractivity (Wildman–Crippen MR) is 93.5 cm³/mol. The first-order valence-electron chi connectivity index (χ1n) is 8.43. The summed E-state index contributed by atoms with van der Waals surface area (Å²) in [5, 5.41) is 2.85. The molecule has 4 nitrogen and oxygen atoms in total. The zero-order chi connectivity index (χ0) is 19.1. The van der Waals surface area contributed by atoms with E-state index in [0.717, 1.165) is 30.5 Å². The molecule has 0 heterocycles. The van der Waals surface area contributed by atoms with Crippen LogP contribution in [0.15, 0.2) is 48.5 Å². The van der Waals surface area contributed by atoms with Gasteiger partial charge in [0.15, 0.2) is 6.10 Å². The van der Waals surface area contributed by atoms with Crippen LogP contribution in [0, 0.1) is 11.6 Å². The van der Waals surface area contributed by atoms with Crippen molar-refractivity contribution in [3.8, 4) is 0 Å². The second-order valence-corrected chi connectivity index (χ2v) is 5.97. The quantitative estimate of drug-likeness (QED) is 0.753. The smallest absolute Gasteiger partial charge is 0.339 e. The van der Waals surface area contributed by atoms with Crippen molar-refractivity contribution in [2.24, 2.45) is 0 Å². The average molecular weight is 361 g/mol. The van der Waals surface area contributed by atoms with Crippen LogP contribution in [-0.2, 0) is 9.53 Å². The minimum atomic E-state index is -1.10. The highest BCUT2D eigenvalue weighted by Crippen LogP contribution is 2.18. The van der Waals surface area contributed by atoms with Gasteiger partial charge in [0.2, 0.25) is 0 Å². The summed E-state index contributed by atoms with van der Waals surface area (Å²) in [4.78, 5) is 24.4. The first kappa shape index (κ1) is 19.6. The Kier molecular flexibility index (Phi) is 6.83. The predicted octanol–water partition coefficient (Wildman–Crippen LogP) is 4.17. The summed E-state index contributed by atoms with van der Waals surface area (Å²) in [7, 11) is 0. The highest BCUT2D eigenvalue weighted by Gasteiger charge is 2.22. The zero-order valence-electron chi connectivity index (χ0n) is 14.7. The van der Waals surface area contributed by atoms with Gasteiger partial charge in [-0.15, -0.1) is 0 Å². The van der Waals surface area contributed by atoms with E-state index in [0.29, 0.717) is 6.07 Å². The van der Waals surface area contributed by atoms with Crippen LogP contribution in [0.2, 0.25) is 0 Å². The Labute approximate surface area is 151 Å². The monoisotopic (exact) mass is 361 g/mol. The summed E-state index contributed by atoms with van der Waals surface area (Å²) >= 11 is 0. The maximum atomic E-state index is 13.2. The Morgan fingerprint density at radius 2 is 1.69 bits per heavy atom. The maximum Gasteiger partial charge on any atom is 0.339 e. The van der Waals surface area contributed by atoms with E-state index in [1.165, 1.54) is 6.92 Å². The van der Waals surface area contributed by atoms with Crippen molar-refractivity contribution in [1.29, 1.82) is 0 Å². The summed E-state index contributed by atoms with van der Waals surface area (Å²) in [6.07, 6.45) is 0.485. The Morgan fingerprint density at radius 3 is 2.27 bits per heavy atom. The Morgan fingerprint density at radius 1 is 1.08 bits per heavy atom. The van der Waals surface area contributed by atoms with Crippen molar-refractivity contribution in [3.63, 3.8) is 0 Å². The molecule has 2 rings (SSSR count). The molecule has 2 aromatic carbocycles. The zero-order valence-corrected chi connectivity index (χ0v) is 14.7. The lowest BCUT2D eigenvalue weighted by Gasteiger charge is -2.21. The van der Waals surface area contributed by atoms with E-state index in [1.807, 2.05) is 37.3 Å². The van der Waals surface area contributed by atoms with Gasteiger partial charge in [0.1, 0.15) is 11.6 Å². The molecule has 0 saturated carbocycles. The fourth-order valence-corrected chi connectivity index (χ4v) is 2.54. The van der Waals surface area contributed by atoms with Crippen molar-refractivity contribution in [3.05, 3.63) is 71.3 Å². The van der Waals surface area contributed by atoms with Crippen LogP contribution in [-0.4, -0.2) is 18.0 Å². The first-order chi connectivity index (χ1) is 12.4. The number of nitrogens with one attached hydrogen (secondary N) is 1. The van der Waals surface area contributed by atoms with E-state index in [-0.39, 0.29) is 11.6 Å². The number of hydrogen-bond donors (Lipinski definition) is 1. The molecule has 2 unspecified atom stereocenters. The number of carbonyl (C=O) groups is 2. The van der Waals surface area contributed by atoms with E-state index in [2.05, 4.69) is 5.32 Å². The van der Waals surface area contributed by atoms with E-state index in [1.54, 1.807) is 0 Å². The molecule has 2 aromatic rings. The van der Waals surface area contributed by atoms with Crippen LogP contribution in [0.1, 0.15) is 48.7 Å². The number of carbonyl (C=O) groups excluding carboxylic acids is 2. The molecule has 138 valence electrons. The fraction of sp³-hybridized carbons (Fsp3) is 0.300. The van der Waals surface area contributed by atoms with Crippen LogP contribution in [0.25, 0.3) is 0 Å². The molecule has 0 saturated heterocycles. The molecule has 6 heteroatoms. The number of rotatable bonds is 7. The van der Waals surface area contributed by atoms with Crippen LogP contribution in [0.3, 0.4) is 0 Å². The molecule has 0 spiro atoms. The minimum absolute atomic E-state index is 0.207. The Balaban J connectivity index is 2.02. The summed E-state index contributed by atoms with van der Waals surface area (Å²) in [5.41, 5.74) is 0.670. The van der Waals surface area contributed by atoms with Gasteiger partial charge in [0.05, 0.1) is 11.6 Å². The number of hydrogen-bond acceptors (Lipinski definition) is 3. The number of amides is 1. The van der Waals surface area contributed by atoms with E-state index >= 15 is 0 Å². The summed E-state index contributed by atoms with van der Waals surface area (Å²) in [6.45, 7) is 3.42. The number of halogens is 2. The van der Waals surface area contributed by atoms with E-state index < -0.39 is 29.6 Å². The second-order valence-electron chi connectivity index (χ2n) is 5.97. The molecule has 26 heavy (non-hydrogen) atoms. The number of esters is 1. The molecule has 0 aliphatic heterocycles. The lowest BCUT2D eigenvalue weighted by Crippen LogP contribution is -2.38. The van der Waals surface area contributed by atoms with Gasteiger partial charge in [-0.3, -0.25) is 4.79 Å². The molecule has 0 aromatic heterocycles. The average Bonchev–Trinajstić information content (AvgIpc) is 2.61. The van der Waals surface area contributed by atoms with Crippen LogP contribution in [0.5, 0.6) is 0 Å². The van der Waals surface area contributed by atoms with Crippen molar-refractivity contribution in [2.75, 3.05) is 0 Å². The molecular weight excluding hydrogens is 340 g/mol. The van der Waals surface area contributed by atoms with Gasteiger partial charge < -0.3 is 10.1 Å². The fourth-order valence-electron chi connectivity index (χ4n) is 2.54. The second kappa shape index (κ2) is 9.08. The van der Waals surface area contributed by atoms with Crippen molar-refractivity contribution in [1.82, 2.24) is 5.32 Å². The third-order valence-electron chi connectivity index (χ3n) is 3.85. The first-order valence-corrected chi connectivity index (χ1v) is 8.43. The lowest BCUT2D eigenvalue weighted by molar-refractivity contribution is -0.129. The molecule has 2 atom stereocenters. The molecule has 0 fully saturated rings. The third kappa shape index (κ3) is 5.37. The topological polar surface area (TPSA) is 55.4 Å². The third-order valence-corrected chi connectivity index (χ3v) is 3.85. The van der Waals surface area contributed by atoms with Crippen molar-refractivity contribution >= 4 is 11.9 Å². The van der Waals surface area contributed by atoms with Crippen LogP contribution in [0.4, 0.5) is 8.78 Å². The summed E-state index contributed by atoms with van der Waals surface area (Å²) in [6, 6.07) is 11.6. The largest absolute Gasteiger partial charge is 0.449 e. The molecule has 0 aliphatic carbocycles. The highest BCUT2D eigenvalue weighted by atomic mass is 19.1. The maximum absolute atomic E-state index is 13.2. The SMILES string of the molecule is CCCC(NC(=O)C(C)OC(=O)c1cc(F)cc(F)c1)c1ccccc1. The Bertz CT molecular complexity index is 745. The van der Waals surface area contributed by atoms with Crippen molar-refractivity contribution in [2.45, 2.75) is 38.8 Å². The number of ether oxygens (including phenoxy) is 1. The van der Waals surface area contributed by atoms with E-state index in [9.17, 15) is 18.4 Å². The summed E-state index contributed by atoms with van der Waals surface area (Å²) < 4.78 is 31.4. The summed E-state index contributed by atoms with van der Waals surface area (Å²) in [5.74, 6) is -3.21. The van der Waals surface area contributed by atoms with Crippen molar-refractivity contribution < 1.29 is 23.1 Å². The molecular formula is C20H21F2NO3. The Hall–Kier alpha value is -2.76. The van der Waals surface area contributed by atoms with Crippen LogP contribution >= 0.6 is 0 Å². The van der Waals surface area contributed by atoms with Crippen LogP contribution < -0.4 is 5.32 Å². The van der Waals surface area contributed by atoms with Gasteiger partial charge in [-0.1, -0.05) is 43.7 Å². The molecule has 1 N–H and O–H groups in total. The van der Waals surface area contributed by atoms with Gasteiger partial charge in [-0.2, -0.15) is 0 Å². The van der Waals surface area contributed by atoms with Gasteiger partial charge >= 0.3 is 5.97 Å². The van der Waals surface area contributed by atoms with Gasteiger partial charge in [-0.05, 0) is 31.0 Å². The highest BCUT2D eigenvalue weighted by molar-refractivity contribution is 5.92. The molecule has 1 amide bonds. The molecule has 0 aliphatic rings. The number of benzene rings is 2. The standard InChI is InChI=1S/C20H21F2NO3/c1-3-7-18(14-8-5-4-6-9-14)23-19(24)13(2)26-20(25)15-10-16(21)12-17(22)11-15/h4-6,8-13,18H,3,7H2,1-2H3,(H,23,24). The minimum Gasteiger partial charge on any atom is -0.449 e. The van der Waals surface area contributed by atoms with Gasteiger partial charge in [0, 0.05) is 6.07 Å².